The van der Waals surface area contributed by atoms with Crippen molar-refractivity contribution in [3.05, 3.63) is 0 Å². The maximum Gasteiger partial charge on any atom is 0.0701 e. The molecule has 2 fully saturated rings. The van der Waals surface area contributed by atoms with Crippen LogP contribution in [0.2, 0.25) is 0 Å². The summed E-state index contributed by atoms with van der Waals surface area (Å²) in [6, 6.07) is 0. The molecule has 1 aliphatic carbocycles. The molecule has 3 nitrogen and oxygen atoms in total. The van der Waals surface area contributed by atoms with E-state index in [1.54, 1.807) is 0 Å². The molecular formula is C14H28N2O. The second kappa shape index (κ2) is 6.17. The maximum atomic E-state index is 5.99. The van der Waals surface area contributed by atoms with Gasteiger partial charge in [0, 0.05) is 19.7 Å². The summed E-state index contributed by atoms with van der Waals surface area (Å²) in [5.41, 5.74) is 6.40. The molecule has 2 aliphatic rings. The first-order valence-corrected chi connectivity index (χ1v) is 7.24. The Balaban J connectivity index is 1.77. The molecule has 0 bridgehead atoms. The third-order valence-corrected chi connectivity index (χ3v) is 4.49. The second-order valence-electron chi connectivity index (χ2n) is 6.10. The minimum absolute atomic E-state index is 0.406. The Bertz CT molecular complexity index is 220. The van der Waals surface area contributed by atoms with Gasteiger partial charge in [0.25, 0.3) is 0 Å². The highest BCUT2D eigenvalue weighted by atomic mass is 16.5. The van der Waals surface area contributed by atoms with Crippen LogP contribution in [0.15, 0.2) is 0 Å². The van der Waals surface area contributed by atoms with Crippen molar-refractivity contribution < 1.29 is 4.74 Å². The number of hydrogen-bond acceptors (Lipinski definition) is 3. The van der Waals surface area contributed by atoms with Crippen LogP contribution in [0, 0.1) is 5.41 Å². The normalized spacial score (nSPS) is 28.8. The summed E-state index contributed by atoms with van der Waals surface area (Å²) in [6.07, 6.45) is 9.65. The Kier molecular flexibility index (Phi) is 4.83. The maximum absolute atomic E-state index is 5.99. The number of nitrogens with two attached hydrogens (primary N) is 1. The van der Waals surface area contributed by atoms with Crippen LogP contribution >= 0.6 is 0 Å². The highest BCUT2D eigenvalue weighted by molar-refractivity contribution is 4.88. The van der Waals surface area contributed by atoms with Crippen molar-refractivity contribution in [2.45, 2.75) is 51.0 Å². The largest absolute Gasteiger partial charge is 0.377 e. The van der Waals surface area contributed by atoms with Gasteiger partial charge >= 0.3 is 0 Å². The summed E-state index contributed by atoms with van der Waals surface area (Å²) in [7, 11) is 2.23. The van der Waals surface area contributed by atoms with E-state index >= 15 is 0 Å². The van der Waals surface area contributed by atoms with Gasteiger partial charge in [-0.15, -0.1) is 0 Å². The molecule has 1 atom stereocenters. The van der Waals surface area contributed by atoms with Gasteiger partial charge in [0.2, 0.25) is 0 Å². The smallest absolute Gasteiger partial charge is 0.0701 e. The summed E-state index contributed by atoms with van der Waals surface area (Å²) < 4.78 is 5.81. The van der Waals surface area contributed by atoms with Gasteiger partial charge in [-0.05, 0) is 51.1 Å². The van der Waals surface area contributed by atoms with E-state index in [4.69, 9.17) is 10.5 Å². The fourth-order valence-corrected chi connectivity index (χ4v) is 3.49. The molecule has 0 radical (unpaired) electrons. The minimum atomic E-state index is 0.406. The lowest BCUT2D eigenvalue weighted by molar-refractivity contribution is -0.00721. The van der Waals surface area contributed by atoms with Gasteiger partial charge in [-0.25, -0.2) is 0 Å². The van der Waals surface area contributed by atoms with Crippen molar-refractivity contribution in [2.75, 3.05) is 33.3 Å². The Morgan fingerprint density at radius 2 is 2.00 bits per heavy atom. The van der Waals surface area contributed by atoms with E-state index in [0.29, 0.717) is 11.5 Å². The molecule has 1 heterocycles. The molecule has 1 unspecified atom stereocenters. The van der Waals surface area contributed by atoms with E-state index in [0.717, 1.165) is 26.2 Å². The van der Waals surface area contributed by atoms with Crippen molar-refractivity contribution in [1.82, 2.24) is 4.90 Å². The number of rotatable bonds is 5. The third-order valence-electron chi connectivity index (χ3n) is 4.49. The van der Waals surface area contributed by atoms with Gasteiger partial charge in [0.15, 0.2) is 0 Å². The zero-order valence-electron chi connectivity index (χ0n) is 11.3. The lowest BCUT2D eigenvalue weighted by Gasteiger charge is -2.35. The predicted molar refractivity (Wildman–Crippen MR) is 71.0 cm³/mol. The first-order valence-electron chi connectivity index (χ1n) is 7.24. The van der Waals surface area contributed by atoms with Gasteiger partial charge in [-0.2, -0.15) is 0 Å². The van der Waals surface area contributed by atoms with Gasteiger partial charge in [-0.1, -0.05) is 12.8 Å². The summed E-state index contributed by atoms with van der Waals surface area (Å²) in [5, 5.41) is 0. The molecule has 0 aromatic heterocycles. The standard InChI is InChI=1S/C14H28N2O/c1-16(10-13-6-2-5-9-17-13)12-14(11-15)7-3-4-8-14/h13H,2-12,15H2,1H3. The van der Waals surface area contributed by atoms with Crippen LogP contribution in [0.5, 0.6) is 0 Å². The van der Waals surface area contributed by atoms with E-state index in [9.17, 15) is 0 Å². The molecule has 17 heavy (non-hydrogen) atoms. The molecule has 0 aromatic carbocycles. The molecule has 2 N–H and O–H groups in total. The van der Waals surface area contributed by atoms with Crippen LogP contribution in [-0.2, 0) is 4.74 Å². The second-order valence-corrected chi connectivity index (χ2v) is 6.10. The van der Waals surface area contributed by atoms with Crippen molar-refractivity contribution >= 4 is 0 Å². The topological polar surface area (TPSA) is 38.5 Å². The summed E-state index contributed by atoms with van der Waals surface area (Å²) in [5.74, 6) is 0. The van der Waals surface area contributed by atoms with Crippen LogP contribution in [0.25, 0.3) is 0 Å². The molecule has 0 amide bonds. The van der Waals surface area contributed by atoms with Crippen LogP contribution in [-0.4, -0.2) is 44.3 Å². The minimum Gasteiger partial charge on any atom is -0.377 e. The fraction of sp³-hybridized carbons (Fsp3) is 1.00. The van der Waals surface area contributed by atoms with Crippen molar-refractivity contribution in [1.29, 1.82) is 0 Å². The van der Waals surface area contributed by atoms with E-state index in [2.05, 4.69) is 11.9 Å². The quantitative estimate of drug-likeness (QED) is 0.799. The molecular weight excluding hydrogens is 212 g/mol. The van der Waals surface area contributed by atoms with Crippen LogP contribution in [0.4, 0.5) is 0 Å². The zero-order chi connectivity index (χ0) is 12.1. The van der Waals surface area contributed by atoms with Crippen molar-refractivity contribution in [2.24, 2.45) is 11.1 Å². The van der Waals surface area contributed by atoms with E-state index < -0.39 is 0 Å². The van der Waals surface area contributed by atoms with Crippen LogP contribution in [0.1, 0.15) is 44.9 Å². The van der Waals surface area contributed by atoms with E-state index in [-0.39, 0.29) is 0 Å². The van der Waals surface area contributed by atoms with Gasteiger partial charge in [0.1, 0.15) is 0 Å². The van der Waals surface area contributed by atoms with Crippen molar-refractivity contribution in [3.8, 4) is 0 Å². The molecule has 1 saturated carbocycles. The summed E-state index contributed by atoms with van der Waals surface area (Å²) >= 11 is 0. The van der Waals surface area contributed by atoms with Gasteiger partial charge < -0.3 is 15.4 Å². The molecule has 3 heteroatoms. The lowest BCUT2D eigenvalue weighted by atomic mass is 9.85. The Morgan fingerprint density at radius 1 is 1.24 bits per heavy atom. The number of likely N-dealkylation sites (N-methyl/N-ethyl adjacent to an activating group) is 1. The highest BCUT2D eigenvalue weighted by Gasteiger charge is 2.33. The molecule has 1 saturated heterocycles. The Labute approximate surface area is 106 Å². The van der Waals surface area contributed by atoms with Crippen molar-refractivity contribution in [3.63, 3.8) is 0 Å². The Hall–Kier alpha value is -0.120. The average Bonchev–Trinajstić information content (AvgIpc) is 2.79. The van der Waals surface area contributed by atoms with Crippen LogP contribution in [0.3, 0.4) is 0 Å². The van der Waals surface area contributed by atoms with Gasteiger partial charge in [0.05, 0.1) is 6.10 Å². The average molecular weight is 240 g/mol. The fourth-order valence-electron chi connectivity index (χ4n) is 3.49. The molecule has 100 valence electrons. The van der Waals surface area contributed by atoms with Gasteiger partial charge in [-0.3, -0.25) is 0 Å². The summed E-state index contributed by atoms with van der Waals surface area (Å²) in [6.45, 7) is 4.05. The number of nitrogens with zero attached hydrogens (tertiary/aromatic N) is 1. The molecule has 1 aliphatic heterocycles. The van der Waals surface area contributed by atoms with Crippen LogP contribution < -0.4 is 5.73 Å². The summed E-state index contributed by atoms with van der Waals surface area (Å²) in [4.78, 5) is 2.45. The first-order chi connectivity index (χ1) is 8.24. The predicted octanol–water partition coefficient (Wildman–Crippen LogP) is 2.01. The van der Waals surface area contributed by atoms with E-state index in [1.165, 1.54) is 44.9 Å². The SMILES string of the molecule is CN(CC1CCCCO1)CC1(CN)CCCC1. The Morgan fingerprint density at radius 3 is 2.59 bits per heavy atom. The zero-order valence-corrected chi connectivity index (χ0v) is 11.3. The van der Waals surface area contributed by atoms with E-state index in [1.807, 2.05) is 0 Å². The molecule has 0 spiro atoms. The highest BCUT2D eigenvalue weighted by Crippen LogP contribution is 2.37. The monoisotopic (exact) mass is 240 g/mol. The lowest BCUT2D eigenvalue weighted by Crippen LogP contribution is -2.42. The molecule has 2 rings (SSSR count). The third kappa shape index (κ3) is 3.67. The molecule has 0 aromatic rings. The first kappa shape index (κ1) is 13.3. The number of hydrogen-bond donors (Lipinski definition) is 1. The number of ether oxygens (including phenoxy) is 1.